The van der Waals surface area contributed by atoms with Crippen LogP contribution in [0.1, 0.15) is 46.5 Å². The van der Waals surface area contributed by atoms with Gasteiger partial charge >= 0.3 is 0 Å². The van der Waals surface area contributed by atoms with E-state index in [1.54, 1.807) is 0 Å². The highest BCUT2D eigenvalue weighted by Crippen LogP contribution is 2.24. The molecule has 1 atom stereocenters. The van der Waals surface area contributed by atoms with Gasteiger partial charge in [0.25, 0.3) is 0 Å². The zero-order valence-electron chi connectivity index (χ0n) is 12.7. The van der Waals surface area contributed by atoms with Crippen LogP contribution in [0, 0.1) is 5.92 Å². The quantitative estimate of drug-likeness (QED) is 0.686. The van der Waals surface area contributed by atoms with Crippen molar-refractivity contribution in [2.24, 2.45) is 5.92 Å². The van der Waals surface area contributed by atoms with Crippen LogP contribution in [-0.4, -0.2) is 50.3 Å². The van der Waals surface area contributed by atoms with Crippen molar-refractivity contribution in [3.8, 4) is 0 Å². The molecule has 1 aliphatic rings. The number of ether oxygens (including phenoxy) is 1. The summed E-state index contributed by atoms with van der Waals surface area (Å²) in [6.07, 6.45) is 5.55. The lowest BCUT2D eigenvalue weighted by Gasteiger charge is -2.35. The Labute approximate surface area is 113 Å². The summed E-state index contributed by atoms with van der Waals surface area (Å²) in [5.74, 6) is 0.717. The molecule has 0 aliphatic heterocycles. The van der Waals surface area contributed by atoms with Crippen molar-refractivity contribution < 1.29 is 4.74 Å². The molecule has 1 fully saturated rings. The van der Waals surface area contributed by atoms with Gasteiger partial charge in [0.2, 0.25) is 0 Å². The molecule has 1 rings (SSSR count). The Balaban J connectivity index is 2.45. The summed E-state index contributed by atoms with van der Waals surface area (Å²) in [6, 6.07) is 1.32. The molecule has 108 valence electrons. The fourth-order valence-corrected chi connectivity index (χ4v) is 3.05. The molecule has 1 N–H and O–H groups in total. The molecule has 0 radical (unpaired) electrons. The Morgan fingerprint density at radius 2 is 1.89 bits per heavy atom. The third-order valence-electron chi connectivity index (χ3n) is 3.92. The Hall–Kier alpha value is -0.120. The van der Waals surface area contributed by atoms with Crippen LogP contribution >= 0.6 is 0 Å². The highest BCUT2D eigenvalue weighted by molar-refractivity contribution is 4.83. The molecule has 3 nitrogen and oxygen atoms in total. The number of hydrogen-bond donors (Lipinski definition) is 1. The van der Waals surface area contributed by atoms with E-state index in [4.69, 9.17) is 4.74 Å². The summed E-state index contributed by atoms with van der Waals surface area (Å²) in [4.78, 5) is 2.66. The van der Waals surface area contributed by atoms with Gasteiger partial charge in [-0.15, -0.1) is 0 Å². The minimum absolute atomic E-state index is 0.529. The summed E-state index contributed by atoms with van der Waals surface area (Å²) in [7, 11) is 1.82. The van der Waals surface area contributed by atoms with E-state index in [0.29, 0.717) is 6.04 Å². The van der Waals surface area contributed by atoms with Gasteiger partial charge in [0, 0.05) is 25.7 Å². The molecule has 3 heteroatoms. The van der Waals surface area contributed by atoms with Crippen LogP contribution in [0.5, 0.6) is 0 Å². The molecular formula is C15H32N2O. The summed E-state index contributed by atoms with van der Waals surface area (Å²) in [6.45, 7) is 10.9. The molecule has 0 bridgehead atoms. The predicted molar refractivity (Wildman–Crippen MR) is 78.0 cm³/mol. The van der Waals surface area contributed by atoms with Gasteiger partial charge in [-0.25, -0.2) is 0 Å². The van der Waals surface area contributed by atoms with Crippen LogP contribution in [0.25, 0.3) is 0 Å². The lowest BCUT2D eigenvalue weighted by atomic mass is 10.1. The van der Waals surface area contributed by atoms with Crippen molar-refractivity contribution in [3.05, 3.63) is 0 Å². The number of methoxy groups -OCH3 is 1. The van der Waals surface area contributed by atoms with Crippen LogP contribution in [-0.2, 0) is 4.74 Å². The van der Waals surface area contributed by atoms with E-state index in [0.717, 1.165) is 38.2 Å². The maximum absolute atomic E-state index is 5.42. The van der Waals surface area contributed by atoms with Crippen molar-refractivity contribution in [1.82, 2.24) is 10.2 Å². The highest BCUT2D eigenvalue weighted by atomic mass is 16.5. The van der Waals surface area contributed by atoms with E-state index >= 15 is 0 Å². The van der Waals surface area contributed by atoms with Crippen LogP contribution in [0.4, 0.5) is 0 Å². The fraction of sp³-hybridized carbons (Fsp3) is 1.00. The molecule has 1 aliphatic carbocycles. The number of nitrogens with zero attached hydrogens (tertiary/aromatic N) is 1. The zero-order chi connectivity index (χ0) is 13.4. The molecule has 0 aromatic rings. The molecule has 1 unspecified atom stereocenters. The minimum atomic E-state index is 0.529. The van der Waals surface area contributed by atoms with Crippen molar-refractivity contribution in [2.45, 2.75) is 58.5 Å². The van der Waals surface area contributed by atoms with Crippen LogP contribution in [0.3, 0.4) is 0 Å². The monoisotopic (exact) mass is 256 g/mol. The number of likely N-dealkylation sites (N-methyl/N-ethyl adjacent to an activating group) is 1. The Kier molecular flexibility index (Phi) is 7.87. The molecule has 0 spiro atoms. The van der Waals surface area contributed by atoms with E-state index in [1.807, 2.05) is 7.11 Å². The lowest BCUT2D eigenvalue weighted by molar-refractivity contribution is 0.0647. The molecule has 0 heterocycles. The predicted octanol–water partition coefficient (Wildman–Crippen LogP) is 2.51. The van der Waals surface area contributed by atoms with E-state index in [9.17, 15) is 0 Å². The van der Waals surface area contributed by atoms with Crippen LogP contribution in [0.15, 0.2) is 0 Å². The normalized spacial score (nSPS) is 19.0. The highest BCUT2D eigenvalue weighted by Gasteiger charge is 2.27. The van der Waals surface area contributed by atoms with E-state index in [-0.39, 0.29) is 0 Å². The molecule has 0 amide bonds. The summed E-state index contributed by atoms with van der Waals surface area (Å²) in [5.41, 5.74) is 0. The summed E-state index contributed by atoms with van der Waals surface area (Å²) in [5, 5.41) is 3.59. The van der Waals surface area contributed by atoms with Gasteiger partial charge in [-0.3, -0.25) is 4.90 Å². The second-order valence-corrected chi connectivity index (χ2v) is 5.93. The van der Waals surface area contributed by atoms with Gasteiger partial charge in [0.1, 0.15) is 0 Å². The lowest BCUT2D eigenvalue weighted by Crippen LogP contribution is -2.49. The Morgan fingerprint density at radius 1 is 1.22 bits per heavy atom. The number of hydrogen-bond acceptors (Lipinski definition) is 3. The molecule has 0 saturated heterocycles. The first-order chi connectivity index (χ1) is 8.69. The van der Waals surface area contributed by atoms with Crippen molar-refractivity contribution >= 4 is 0 Å². The fourth-order valence-electron chi connectivity index (χ4n) is 3.05. The smallest absolute Gasteiger partial charge is 0.0630 e. The molecule has 0 aromatic carbocycles. The second-order valence-electron chi connectivity index (χ2n) is 5.93. The number of rotatable bonds is 9. The van der Waals surface area contributed by atoms with E-state index in [1.165, 1.54) is 25.7 Å². The van der Waals surface area contributed by atoms with Gasteiger partial charge in [0.15, 0.2) is 0 Å². The average molecular weight is 256 g/mol. The minimum Gasteiger partial charge on any atom is -0.383 e. The second kappa shape index (κ2) is 8.89. The zero-order valence-corrected chi connectivity index (χ0v) is 12.7. The standard InChI is InChI=1S/C15H32N2O/c1-5-17(14-8-6-7-9-14)15(12-18-4)11-16-10-13(2)3/h13-16H,5-12H2,1-4H3. The van der Waals surface area contributed by atoms with Gasteiger partial charge < -0.3 is 10.1 Å². The summed E-state index contributed by atoms with van der Waals surface area (Å²) < 4.78 is 5.42. The van der Waals surface area contributed by atoms with Gasteiger partial charge in [0.05, 0.1) is 6.61 Å². The molecule has 1 saturated carbocycles. The van der Waals surface area contributed by atoms with Crippen LogP contribution in [0.2, 0.25) is 0 Å². The Morgan fingerprint density at radius 3 is 2.39 bits per heavy atom. The van der Waals surface area contributed by atoms with E-state index < -0.39 is 0 Å². The van der Waals surface area contributed by atoms with E-state index in [2.05, 4.69) is 31.0 Å². The third kappa shape index (κ3) is 5.25. The summed E-state index contributed by atoms with van der Waals surface area (Å²) >= 11 is 0. The Bertz CT molecular complexity index is 203. The van der Waals surface area contributed by atoms with Crippen molar-refractivity contribution in [1.29, 1.82) is 0 Å². The molecule has 0 aromatic heterocycles. The van der Waals surface area contributed by atoms with Crippen molar-refractivity contribution in [2.75, 3.05) is 33.4 Å². The third-order valence-corrected chi connectivity index (χ3v) is 3.92. The van der Waals surface area contributed by atoms with Crippen LogP contribution < -0.4 is 5.32 Å². The average Bonchev–Trinajstić information content (AvgIpc) is 2.83. The molecule has 18 heavy (non-hydrogen) atoms. The maximum Gasteiger partial charge on any atom is 0.0630 e. The molecular weight excluding hydrogens is 224 g/mol. The first kappa shape index (κ1) is 15.9. The first-order valence-electron chi connectivity index (χ1n) is 7.64. The largest absolute Gasteiger partial charge is 0.383 e. The van der Waals surface area contributed by atoms with Crippen molar-refractivity contribution in [3.63, 3.8) is 0 Å². The number of nitrogens with one attached hydrogen (secondary N) is 1. The maximum atomic E-state index is 5.42. The van der Waals surface area contributed by atoms with Gasteiger partial charge in [-0.2, -0.15) is 0 Å². The van der Waals surface area contributed by atoms with Gasteiger partial charge in [-0.05, 0) is 31.8 Å². The first-order valence-corrected chi connectivity index (χ1v) is 7.64. The topological polar surface area (TPSA) is 24.5 Å². The van der Waals surface area contributed by atoms with Gasteiger partial charge in [-0.1, -0.05) is 33.6 Å². The SMILES string of the molecule is CCN(C1CCCC1)C(CNCC(C)C)COC.